The maximum Gasteiger partial charge on any atom is 0.277 e. The molecule has 0 aliphatic heterocycles. The minimum atomic E-state index is -2.59. The van der Waals surface area contributed by atoms with Crippen LogP contribution >= 0.6 is 0 Å². The fourth-order valence-corrected chi connectivity index (χ4v) is 9.59. The van der Waals surface area contributed by atoms with Crippen molar-refractivity contribution in [2.75, 3.05) is 0 Å². The van der Waals surface area contributed by atoms with Crippen LogP contribution in [0.1, 0.15) is 0 Å². The van der Waals surface area contributed by atoms with Crippen LogP contribution in [0.3, 0.4) is 0 Å². The van der Waals surface area contributed by atoms with Crippen LogP contribution < -0.4 is 20.7 Å². The van der Waals surface area contributed by atoms with E-state index in [-0.39, 0.29) is 10.6 Å². The number of hydrogen-bond acceptors (Lipinski definition) is 2. The minimum Gasteiger partial charge on any atom is -0.258 e. The zero-order valence-electron chi connectivity index (χ0n) is 18.5. The van der Waals surface area contributed by atoms with Gasteiger partial charge < -0.3 is 0 Å². The third kappa shape index (κ3) is 3.74. The van der Waals surface area contributed by atoms with E-state index < -0.39 is 8.07 Å². The van der Waals surface area contributed by atoms with E-state index in [0.717, 1.165) is 5.56 Å². The normalized spacial score (nSPS) is 11.2. The molecule has 0 fully saturated rings. The van der Waals surface area contributed by atoms with Crippen molar-refractivity contribution in [3.8, 4) is 11.1 Å². The fourth-order valence-electron chi connectivity index (χ4n) is 4.84. The molecule has 0 unspecified atom stereocenters. The van der Waals surface area contributed by atoms with E-state index in [1.807, 2.05) is 24.3 Å². The zero-order valence-corrected chi connectivity index (χ0v) is 19.5. The van der Waals surface area contributed by atoms with Gasteiger partial charge in [-0.05, 0) is 32.4 Å². The van der Waals surface area contributed by atoms with E-state index in [1.165, 1.54) is 20.7 Å². The summed E-state index contributed by atoms with van der Waals surface area (Å²) in [6.45, 7) is 0. The molecule has 3 nitrogen and oxygen atoms in total. The van der Waals surface area contributed by atoms with Gasteiger partial charge in [-0.15, -0.1) is 0 Å². The standard InChI is InChI=1S/C30H23NO2Si/c32-31(33)30-19-11-10-18-29(30)24-20-22-28(23-21-24)34(25-12-4-1-5-13-25,26-14-6-2-7-15-26)27-16-8-3-9-17-27/h1-23H. The molecule has 0 bridgehead atoms. The van der Waals surface area contributed by atoms with E-state index in [9.17, 15) is 10.1 Å². The molecule has 0 saturated heterocycles. The van der Waals surface area contributed by atoms with Gasteiger partial charge in [0, 0.05) is 6.07 Å². The Bertz CT molecular complexity index is 1310. The maximum atomic E-state index is 11.6. The summed E-state index contributed by atoms with van der Waals surface area (Å²) in [5.41, 5.74) is 1.59. The molecule has 0 atom stereocenters. The monoisotopic (exact) mass is 457 g/mol. The van der Waals surface area contributed by atoms with Gasteiger partial charge in [0.2, 0.25) is 0 Å². The van der Waals surface area contributed by atoms with Crippen molar-refractivity contribution in [2.24, 2.45) is 0 Å². The van der Waals surface area contributed by atoms with Crippen LogP contribution in [0.15, 0.2) is 140 Å². The minimum absolute atomic E-state index is 0.118. The molecule has 0 saturated carbocycles. The molecule has 0 aliphatic rings. The molecule has 5 rings (SSSR count). The van der Waals surface area contributed by atoms with E-state index in [0.29, 0.717) is 5.56 Å². The molecule has 0 N–H and O–H groups in total. The van der Waals surface area contributed by atoms with Crippen molar-refractivity contribution in [1.82, 2.24) is 0 Å². The Morgan fingerprint density at radius 1 is 0.471 bits per heavy atom. The lowest BCUT2D eigenvalue weighted by molar-refractivity contribution is -0.384. The van der Waals surface area contributed by atoms with Crippen molar-refractivity contribution in [2.45, 2.75) is 0 Å². The zero-order chi connectivity index (χ0) is 23.4. The van der Waals surface area contributed by atoms with Gasteiger partial charge in [0.1, 0.15) is 0 Å². The fraction of sp³-hybridized carbons (Fsp3) is 0. The molecule has 4 heteroatoms. The molecule has 0 aromatic heterocycles. The second-order valence-corrected chi connectivity index (χ2v) is 12.0. The number of benzene rings is 5. The predicted octanol–water partition coefficient (Wildman–Crippen LogP) is 4.64. The Morgan fingerprint density at radius 3 is 1.29 bits per heavy atom. The average molecular weight is 458 g/mol. The Morgan fingerprint density at radius 2 is 0.853 bits per heavy atom. The molecular formula is C30H23NO2Si. The van der Waals surface area contributed by atoms with E-state index in [1.54, 1.807) is 12.1 Å². The van der Waals surface area contributed by atoms with Gasteiger partial charge in [-0.2, -0.15) is 0 Å². The molecule has 0 heterocycles. The lowest BCUT2D eigenvalue weighted by Gasteiger charge is -2.34. The van der Waals surface area contributed by atoms with Gasteiger partial charge in [-0.3, -0.25) is 10.1 Å². The van der Waals surface area contributed by atoms with Gasteiger partial charge in [-0.25, -0.2) is 0 Å². The summed E-state index contributed by atoms with van der Waals surface area (Å²) >= 11 is 0. The molecular weight excluding hydrogens is 434 g/mol. The largest absolute Gasteiger partial charge is 0.277 e. The number of nitro benzene ring substituents is 1. The summed E-state index contributed by atoms with van der Waals surface area (Å²) in [4.78, 5) is 11.3. The summed E-state index contributed by atoms with van der Waals surface area (Å²) in [6.07, 6.45) is 0. The van der Waals surface area contributed by atoms with Crippen molar-refractivity contribution in [3.05, 3.63) is 150 Å². The third-order valence-electron chi connectivity index (χ3n) is 6.35. The number of nitrogens with zero attached hydrogens (tertiary/aromatic N) is 1. The van der Waals surface area contributed by atoms with E-state index in [2.05, 4.69) is 103 Å². The molecule has 0 spiro atoms. The van der Waals surface area contributed by atoms with Crippen LogP contribution in [0.5, 0.6) is 0 Å². The molecule has 164 valence electrons. The van der Waals surface area contributed by atoms with Gasteiger partial charge in [0.15, 0.2) is 8.07 Å². The highest BCUT2D eigenvalue weighted by Gasteiger charge is 2.41. The van der Waals surface area contributed by atoms with Gasteiger partial charge in [-0.1, -0.05) is 127 Å². The predicted molar refractivity (Wildman–Crippen MR) is 142 cm³/mol. The SMILES string of the molecule is O=[N+]([O-])c1ccccc1-c1ccc([Si](c2ccccc2)(c2ccccc2)c2ccccc2)cc1. The van der Waals surface area contributed by atoms with Crippen LogP contribution in [-0.2, 0) is 0 Å². The smallest absolute Gasteiger partial charge is 0.258 e. The Balaban J connectivity index is 1.77. The number of hydrogen-bond donors (Lipinski definition) is 0. The first-order valence-corrected chi connectivity index (χ1v) is 13.2. The van der Waals surface area contributed by atoms with Crippen molar-refractivity contribution < 1.29 is 4.92 Å². The number of nitro groups is 1. The van der Waals surface area contributed by atoms with Crippen molar-refractivity contribution in [1.29, 1.82) is 0 Å². The van der Waals surface area contributed by atoms with E-state index in [4.69, 9.17) is 0 Å². The molecule has 0 aliphatic carbocycles. The summed E-state index contributed by atoms with van der Waals surface area (Å²) < 4.78 is 0. The topological polar surface area (TPSA) is 43.1 Å². The maximum absolute atomic E-state index is 11.6. The second-order valence-electron chi connectivity index (χ2n) is 8.20. The highest BCUT2D eigenvalue weighted by atomic mass is 28.3. The summed E-state index contributed by atoms with van der Waals surface area (Å²) in [5.74, 6) is 0. The van der Waals surface area contributed by atoms with Gasteiger partial charge in [0.25, 0.3) is 5.69 Å². The number of para-hydroxylation sites is 1. The molecule has 34 heavy (non-hydrogen) atoms. The lowest BCUT2D eigenvalue weighted by atomic mass is 10.0. The lowest BCUT2D eigenvalue weighted by Crippen LogP contribution is -2.74. The Hall–Kier alpha value is -4.28. The Kier molecular flexibility index (Phi) is 5.89. The van der Waals surface area contributed by atoms with Crippen LogP contribution in [0.2, 0.25) is 0 Å². The first-order chi connectivity index (χ1) is 16.7. The molecule has 0 radical (unpaired) electrons. The first kappa shape index (κ1) is 21.6. The van der Waals surface area contributed by atoms with Crippen molar-refractivity contribution >= 4 is 34.5 Å². The quantitative estimate of drug-likeness (QED) is 0.161. The summed E-state index contributed by atoms with van der Waals surface area (Å²) in [7, 11) is -2.59. The second kappa shape index (κ2) is 9.30. The Labute approximate surface area is 200 Å². The van der Waals surface area contributed by atoms with Gasteiger partial charge >= 0.3 is 0 Å². The van der Waals surface area contributed by atoms with E-state index >= 15 is 0 Å². The van der Waals surface area contributed by atoms with Crippen LogP contribution in [-0.4, -0.2) is 13.0 Å². The van der Waals surface area contributed by atoms with Crippen LogP contribution in [0, 0.1) is 10.1 Å². The summed E-state index contributed by atoms with van der Waals surface area (Å²) in [5, 5.41) is 16.7. The first-order valence-electron chi connectivity index (χ1n) is 11.2. The summed E-state index contributed by atoms with van der Waals surface area (Å²) in [6, 6.07) is 47.4. The molecule has 5 aromatic carbocycles. The number of rotatable bonds is 6. The van der Waals surface area contributed by atoms with Crippen LogP contribution in [0.25, 0.3) is 11.1 Å². The average Bonchev–Trinajstić information content (AvgIpc) is 2.91. The van der Waals surface area contributed by atoms with Crippen LogP contribution in [0.4, 0.5) is 5.69 Å². The van der Waals surface area contributed by atoms with Crippen molar-refractivity contribution in [3.63, 3.8) is 0 Å². The highest BCUT2D eigenvalue weighted by molar-refractivity contribution is 7.19. The molecule has 5 aromatic rings. The molecule has 0 amide bonds. The van der Waals surface area contributed by atoms with Gasteiger partial charge in [0.05, 0.1) is 10.5 Å². The highest BCUT2D eigenvalue weighted by Crippen LogP contribution is 2.29. The third-order valence-corrected chi connectivity index (χ3v) is 11.1.